The van der Waals surface area contributed by atoms with E-state index in [1.165, 1.54) is 12.8 Å². The average Bonchev–Trinajstić information content (AvgIpc) is 2.45. The summed E-state index contributed by atoms with van der Waals surface area (Å²) >= 11 is 0. The quantitative estimate of drug-likeness (QED) is 0.563. The first kappa shape index (κ1) is 10.4. The van der Waals surface area contributed by atoms with Crippen molar-refractivity contribution in [3.8, 4) is 0 Å². The van der Waals surface area contributed by atoms with E-state index in [1.807, 2.05) is 0 Å². The molecule has 3 atom stereocenters. The van der Waals surface area contributed by atoms with Crippen molar-refractivity contribution in [2.75, 3.05) is 13.2 Å². The molecule has 2 heterocycles. The number of aliphatic hydroxyl groups excluding tert-OH is 2. The Morgan fingerprint density at radius 1 is 1.14 bits per heavy atom. The van der Waals surface area contributed by atoms with Crippen molar-refractivity contribution in [2.45, 2.75) is 49.9 Å². The maximum atomic E-state index is 9.17. The molecule has 1 unspecified atom stereocenters. The van der Waals surface area contributed by atoms with E-state index in [-0.39, 0.29) is 19.3 Å². The first-order chi connectivity index (χ1) is 6.76. The molecule has 2 bridgehead atoms. The molecule has 0 aromatic rings. The highest BCUT2D eigenvalue weighted by Crippen LogP contribution is 2.36. The highest BCUT2D eigenvalue weighted by atomic mass is 16.3. The minimum Gasteiger partial charge on any atom is -0.395 e. The molecule has 0 radical (unpaired) electrons. The summed E-state index contributed by atoms with van der Waals surface area (Å²) in [6.45, 7) is 0.109. The van der Waals surface area contributed by atoms with Crippen LogP contribution in [0.2, 0.25) is 0 Å². The first-order valence-corrected chi connectivity index (χ1v) is 5.51. The van der Waals surface area contributed by atoms with E-state index in [4.69, 9.17) is 5.73 Å². The molecule has 0 amide bonds. The van der Waals surface area contributed by atoms with Crippen LogP contribution in [0.4, 0.5) is 0 Å². The molecule has 0 spiro atoms. The first-order valence-electron chi connectivity index (χ1n) is 5.51. The van der Waals surface area contributed by atoms with Crippen LogP contribution in [0.25, 0.3) is 0 Å². The van der Waals surface area contributed by atoms with Gasteiger partial charge in [-0.1, -0.05) is 0 Å². The van der Waals surface area contributed by atoms with Crippen LogP contribution in [-0.2, 0) is 0 Å². The minimum atomic E-state index is -0.0694. The molecule has 2 fully saturated rings. The summed E-state index contributed by atoms with van der Waals surface area (Å²) in [4.78, 5) is 2.30. The lowest BCUT2D eigenvalue weighted by Crippen LogP contribution is -2.54. The molecule has 4 heteroatoms. The zero-order chi connectivity index (χ0) is 10.1. The van der Waals surface area contributed by atoms with Gasteiger partial charge in [0.1, 0.15) is 0 Å². The average molecular weight is 200 g/mol. The van der Waals surface area contributed by atoms with Gasteiger partial charge in [-0.3, -0.25) is 4.90 Å². The molecule has 14 heavy (non-hydrogen) atoms. The van der Waals surface area contributed by atoms with E-state index in [2.05, 4.69) is 4.90 Å². The maximum absolute atomic E-state index is 9.17. The van der Waals surface area contributed by atoms with Crippen molar-refractivity contribution in [3.63, 3.8) is 0 Å². The van der Waals surface area contributed by atoms with Gasteiger partial charge in [-0.25, -0.2) is 0 Å². The smallest absolute Gasteiger partial charge is 0.0609 e. The van der Waals surface area contributed by atoms with Crippen molar-refractivity contribution in [1.29, 1.82) is 0 Å². The Morgan fingerprint density at radius 2 is 1.64 bits per heavy atom. The minimum absolute atomic E-state index is 0.0543. The molecule has 2 rings (SSSR count). The molecule has 4 nitrogen and oxygen atoms in total. The van der Waals surface area contributed by atoms with Crippen LogP contribution < -0.4 is 5.73 Å². The van der Waals surface area contributed by atoms with Gasteiger partial charge in [0.15, 0.2) is 0 Å². The lowest BCUT2D eigenvalue weighted by molar-refractivity contribution is 0.0147. The highest BCUT2D eigenvalue weighted by Gasteiger charge is 2.42. The molecular formula is C10H20N2O2. The van der Waals surface area contributed by atoms with Gasteiger partial charge in [0.05, 0.1) is 19.3 Å². The fourth-order valence-electron chi connectivity index (χ4n) is 3.10. The number of nitrogens with two attached hydrogens (primary N) is 1. The van der Waals surface area contributed by atoms with Gasteiger partial charge in [0.25, 0.3) is 0 Å². The molecule has 82 valence electrons. The zero-order valence-electron chi connectivity index (χ0n) is 8.47. The third-order valence-corrected chi connectivity index (χ3v) is 3.67. The maximum Gasteiger partial charge on any atom is 0.0609 e. The molecule has 0 aromatic heterocycles. The number of rotatable bonds is 3. The van der Waals surface area contributed by atoms with Gasteiger partial charge in [-0.05, 0) is 25.7 Å². The van der Waals surface area contributed by atoms with E-state index in [0.29, 0.717) is 18.1 Å². The Hall–Kier alpha value is -0.160. The van der Waals surface area contributed by atoms with Crippen molar-refractivity contribution < 1.29 is 10.2 Å². The summed E-state index contributed by atoms with van der Waals surface area (Å²) in [6.07, 6.45) is 4.39. The summed E-state index contributed by atoms with van der Waals surface area (Å²) in [5, 5.41) is 18.3. The van der Waals surface area contributed by atoms with Gasteiger partial charge in [-0.15, -0.1) is 0 Å². The van der Waals surface area contributed by atoms with E-state index >= 15 is 0 Å². The van der Waals surface area contributed by atoms with Crippen LogP contribution >= 0.6 is 0 Å². The number of nitrogens with zero attached hydrogens (tertiary/aromatic N) is 1. The van der Waals surface area contributed by atoms with Gasteiger partial charge in [-0.2, -0.15) is 0 Å². The third kappa shape index (κ3) is 1.67. The van der Waals surface area contributed by atoms with Crippen LogP contribution in [0.15, 0.2) is 0 Å². The summed E-state index contributed by atoms with van der Waals surface area (Å²) in [5.41, 5.74) is 5.95. The Labute approximate surface area is 84.7 Å². The molecule has 2 saturated heterocycles. The molecule has 0 aromatic carbocycles. The SMILES string of the molecule is NC1C[C@H]2CC[C@@H](C1)N2C(CO)CO. The molecule has 0 saturated carbocycles. The lowest BCUT2D eigenvalue weighted by Gasteiger charge is -2.41. The van der Waals surface area contributed by atoms with Crippen molar-refractivity contribution in [1.82, 2.24) is 4.90 Å². The van der Waals surface area contributed by atoms with E-state index < -0.39 is 0 Å². The zero-order valence-corrected chi connectivity index (χ0v) is 8.47. The van der Waals surface area contributed by atoms with Gasteiger partial charge in [0.2, 0.25) is 0 Å². The fourth-order valence-corrected chi connectivity index (χ4v) is 3.10. The Kier molecular flexibility index (Phi) is 3.07. The Morgan fingerprint density at radius 3 is 2.07 bits per heavy atom. The van der Waals surface area contributed by atoms with Crippen LogP contribution in [0.5, 0.6) is 0 Å². The number of piperidine rings is 1. The topological polar surface area (TPSA) is 69.7 Å². The molecule has 0 aliphatic carbocycles. The van der Waals surface area contributed by atoms with Crippen LogP contribution in [-0.4, -0.2) is 52.5 Å². The second-order valence-corrected chi connectivity index (χ2v) is 4.58. The molecular weight excluding hydrogens is 180 g/mol. The Bertz CT molecular complexity index is 183. The normalized spacial score (nSPS) is 38.1. The predicted octanol–water partition coefficient (Wildman–Crippen LogP) is -0.706. The van der Waals surface area contributed by atoms with Crippen LogP contribution in [0.3, 0.4) is 0 Å². The van der Waals surface area contributed by atoms with E-state index in [0.717, 1.165) is 12.8 Å². The lowest BCUT2D eigenvalue weighted by atomic mass is 9.96. The second kappa shape index (κ2) is 4.14. The number of hydrogen-bond acceptors (Lipinski definition) is 4. The van der Waals surface area contributed by atoms with Crippen molar-refractivity contribution in [2.24, 2.45) is 5.73 Å². The number of aliphatic hydroxyl groups is 2. The fraction of sp³-hybridized carbons (Fsp3) is 1.00. The summed E-state index contributed by atoms with van der Waals surface area (Å²) in [5.74, 6) is 0. The third-order valence-electron chi connectivity index (χ3n) is 3.67. The predicted molar refractivity (Wildman–Crippen MR) is 53.8 cm³/mol. The standard InChI is InChI=1S/C10H20N2O2/c11-7-3-8-1-2-9(4-7)12(8)10(5-13)6-14/h7-10,13-14H,1-6,11H2/t7?,8-,9+. The van der Waals surface area contributed by atoms with Crippen LogP contribution in [0, 0.1) is 0 Å². The second-order valence-electron chi connectivity index (χ2n) is 4.58. The molecule has 2 aliphatic heterocycles. The highest BCUT2D eigenvalue weighted by molar-refractivity contribution is 4.98. The summed E-state index contributed by atoms with van der Waals surface area (Å²) < 4.78 is 0. The van der Waals surface area contributed by atoms with Gasteiger partial charge in [0, 0.05) is 18.1 Å². The molecule has 4 N–H and O–H groups in total. The Balaban J connectivity index is 2.06. The van der Waals surface area contributed by atoms with Crippen LogP contribution in [0.1, 0.15) is 25.7 Å². The van der Waals surface area contributed by atoms with Gasteiger partial charge >= 0.3 is 0 Å². The van der Waals surface area contributed by atoms with Crippen molar-refractivity contribution >= 4 is 0 Å². The number of hydrogen-bond donors (Lipinski definition) is 3. The van der Waals surface area contributed by atoms with Crippen molar-refractivity contribution in [3.05, 3.63) is 0 Å². The number of fused-ring (bicyclic) bond motifs is 2. The van der Waals surface area contributed by atoms with E-state index in [9.17, 15) is 10.2 Å². The van der Waals surface area contributed by atoms with Gasteiger partial charge < -0.3 is 15.9 Å². The summed E-state index contributed by atoms with van der Waals surface area (Å²) in [6, 6.07) is 1.24. The molecule has 2 aliphatic rings. The largest absolute Gasteiger partial charge is 0.395 e. The monoisotopic (exact) mass is 200 g/mol. The van der Waals surface area contributed by atoms with E-state index in [1.54, 1.807) is 0 Å². The summed E-state index contributed by atoms with van der Waals surface area (Å²) in [7, 11) is 0.